The largest absolute Gasteiger partial charge is 0.451 e. The van der Waals surface area contributed by atoms with Crippen molar-refractivity contribution in [2.75, 3.05) is 13.1 Å². The molecule has 1 N–H and O–H groups in total. The number of ether oxygens (including phenoxy) is 1. The number of piperidine rings is 1. The predicted molar refractivity (Wildman–Crippen MR) is 120 cm³/mol. The van der Waals surface area contributed by atoms with E-state index in [0.29, 0.717) is 29.6 Å². The Bertz CT molecular complexity index is 1330. The van der Waals surface area contributed by atoms with E-state index in [9.17, 15) is 18.0 Å². The van der Waals surface area contributed by atoms with Crippen molar-refractivity contribution in [3.8, 4) is 0 Å². The maximum atomic E-state index is 13.0. The fourth-order valence-corrected chi connectivity index (χ4v) is 5.36. The highest BCUT2D eigenvalue weighted by molar-refractivity contribution is 7.89. The van der Waals surface area contributed by atoms with Gasteiger partial charge in [0.15, 0.2) is 11.9 Å². The number of aryl methyl sites for hydroxylation is 1. The van der Waals surface area contributed by atoms with Crippen LogP contribution in [0.25, 0.3) is 10.9 Å². The van der Waals surface area contributed by atoms with Crippen LogP contribution in [0.3, 0.4) is 0 Å². The average molecular weight is 456 g/mol. The van der Waals surface area contributed by atoms with Crippen molar-refractivity contribution in [1.29, 1.82) is 0 Å². The summed E-state index contributed by atoms with van der Waals surface area (Å²) >= 11 is 0. The van der Waals surface area contributed by atoms with E-state index in [4.69, 9.17) is 4.74 Å². The van der Waals surface area contributed by atoms with Gasteiger partial charge in [0, 0.05) is 13.1 Å². The number of fused-ring (bicyclic) bond motifs is 1. The van der Waals surface area contributed by atoms with Gasteiger partial charge in [0.25, 0.3) is 5.56 Å². The van der Waals surface area contributed by atoms with Gasteiger partial charge in [-0.25, -0.2) is 18.2 Å². The number of hydrogen-bond donors (Lipinski definition) is 1. The van der Waals surface area contributed by atoms with Gasteiger partial charge in [0.05, 0.1) is 21.4 Å². The number of benzene rings is 2. The van der Waals surface area contributed by atoms with Gasteiger partial charge in [-0.1, -0.05) is 24.6 Å². The van der Waals surface area contributed by atoms with E-state index in [2.05, 4.69) is 9.97 Å². The van der Waals surface area contributed by atoms with Crippen LogP contribution in [0, 0.1) is 6.92 Å². The standard InChI is InChI=1S/C23H25N3O5S/c1-15-10-11-17(32(29,30)26-12-6-3-7-13-26)14-19(15)23(28)31-16(2)21-24-20-9-5-4-8-18(20)22(27)25-21/h4-5,8-11,14,16H,3,6-7,12-13H2,1-2H3,(H,24,25,27). The Labute approximate surface area is 186 Å². The van der Waals surface area contributed by atoms with Crippen LogP contribution in [0.2, 0.25) is 0 Å². The molecule has 1 aromatic heterocycles. The monoisotopic (exact) mass is 455 g/mol. The Balaban J connectivity index is 1.59. The summed E-state index contributed by atoms with van der Waals surface area (Å²) in [7, 11) is -3.68. The lowest BCUT2D eigenvalue weighted by Crippen LogP contribution is -2.35. The summed E-state index contributed by atoms with van der Waals surface area (Å²) in [6.07, 6.45) is 1.84. The number of aromatic amines is 1. The molecule has 2 heterocycles. The number of para-hydroxylation sites is 1. The molecule has 0 spiro atoms. The fourth-order valence-electron chi connectivity index (χ4n) is 3.81. The number of carbonyl (C=O) groups excluding carboxylic acids is 1. The van der Waals surface area contributed by atoms with Crippen molar-refractivity contribution >= 4 is 26.9 Å². The van der Waals surface area contributed by atoms with Crippen LogP contribution in [0.5, 0.6) is 0 Å². The lowest BCUT2D eigenvalue weighted by atomic mass is 10.1. The number of nitrogens with zero attached hydrogens (tertiary/aromatic N) is 2. The van der Waals surface area contributed by atoms with Gasteiger partial charge >= 0.3 is 5.97 Å². The molecular formula is C23H25N3O5S. The molecule has 3 aromatic rings. The molecule has 0 bridgehead atoms. The predicted octanol–water partition coefficient (Wildman–Crippen LogP) is 3.32. The zero-order chi connectivity index (χ0) is 22.9. The van der Waals surface area contributed by atoms with Crippen molar-refractivity contribution in [2.24, 2.45) is 0 Å². The lowest BCUT2D eigenvalue weighted by Gasteiger charge is -2.26. The van der Waals surface area contributed by atoms with E-state index >= 15 is 0 Å². The molecule has 4 rings (SSSR count). The average Bonchev–Trinajstić information content (AvgIpc) is 2.79. The Morgan fingerprint density at radius 3 is 2.59 bits per heavy atom. The minimum absolute atomic E-state index is 0.0711. The SMILES string of the molecule is Cc1ccc(S(=O)(=O)N2CCCCC2)cc1C(=O)OC(C)c1nc2ccccc2c(=O)[nH]1. The fraction of sp³-hybridized carbons (Fsp3) is 0.348. The second kappa shape index (κ2) is 8.84. The molecule has 1 aliphatic heterocycles. The molecule has 1 fully saturated rings. The van der Waals surface area contributed by atoms with Crippen molar-refractivity contribution in [3.63, 3.8) is 0 Å². The van der Waals surface area contributed by atoms with Gasteiger partial charge in [-0.05, 0) is 56.5 Å². The molecule has 0 saturated carbocycles. The minimum Gasteiger partial charge on any atom is -0.451 e. The third kappa shape index (κ3) is 4.31. The Kier molecular flexibility index (Phi) is 6.12. The molecule has 0 radical (unpaired) electrons. The molecule has 9 heteroatoms. The molecule has 2 aromatic carbocycles. The molecule has 1 atom stereocenters. The molecule has 0 aliphatic carbocycles. The normalized spacial score (nSPS) is 16.1. The summed E-state index contributed by atoms with van der Waals surface area (Å²) in [5.74, 6) is -0.460. The van der Waals surface area contributed by atoms with Crippen molar-refractivity contribution < 1.29 is 17.9 Å². The smallest absolute Gasteiger partial charge is 0.339 e. The number of nitrogens with one attached hydrogen (secondary N) is 1. The number of esters is 1. The second-order valence-corrected chi connectivity index (χ2v) is 9.90. The third-order valence-electron chi connectivity index (χ3n) is 5.68. The van der Waals surface area contributed by atoms with Gasteiger partial charge in [0.1, 0.15) is 0 Å². The summed E-state index contributed by atoms with van der Waals surface area (Å²) in [5, 5.41) is 0.446. The maximum absolute atomic E-state index is 13.0. The summed E-state index contributed by atoms with van der Waals surface area (Å²) in [6, 6.07) is 11.4. The number of hydrogen-bond acceptors (Lipinski definition) is 6. The molecule has 32 heavy (non-hydrogen) atoms. The topological polar surface area (TPSA) is 109 Å². The Morgan fingerprint density at radius 1 is 1.12 bits per heavy atom. The van der Waals surface area contributed by atoms with Crippen LogP contribution >= 0.6 is 0 Å². The highest BCUT2D eigenvalue weighted by atomic mass is 32.2. The van der Waals surface area contributed by atoms with E-state index in [1.54, 1.807) is 44.2 Å². The van der Waals surface area contributed by atoms with Crippen LogP contribution in [-0.4, -0.2) is 41.7 Å². The van der Waals surface area contributed by atoms with Crippen LogP contribution in [0.1, 0.15) is 54.0 Å². The molecule has 168 valence electrons. The number of H-pyrrole nitrogens is 1. The van der Waals surface area contributed by atoms with Gasteiger partial charge in [0.2, 0.25) is 10.0 Å². The van der Waals surface area contributed by atoms with E-state index in [-0.39, 0.29) is 21.8 Å². The van der Waals surface area contributed by atoms with E-state index in [0.717, 1.165) is 19.3 Å². The van der Waals surface area contributed by atoms with Crippen molar-refractivity contribution in [1.82, 2.24) is 14.3 Å². The number of sulfonamides is 1. The van der Waals surface area contributed by atoms with Gasteiger partial charge < -0.3 is 9.72 Å². The Hall–Kier alpha value is -3.04. The van der Waals surface area contributed by atoms with Crippen LogP contribution < -0.4 is 5.56 Å². The first-order chi connectivity index (χ1) is 15.3. The highest BCUT2D eigenvalue weighted by Crippen LogP contribution is 2.24. The summed E-state index contributed by atoms with van der Waals surface area (Å²) in [6.45, 7) is 4.28. The van der Waals surface area contributed by atoms with E-state index in [1.165, 1.54) is 16.4 Å². The zero-order valence-corrected chi connectivity index (χ0v) is 18.8. The quantitative estimate of drug-likeness (QED) is 0.591. The van der Waals surface area contributed by atoms with E-state index in [1.807, 2.05) is 0 Å². The van der Waals surface area contributed by atoms with Crippen LogP contribution in [0.15, 0.2) is 52.2 Å². The third-order valence-corrected chi connectivity index (χ3v) is 7.58. The summed E-state index contributed by atoms with van der Waals surface area (Å²) in [4.78, 5) is 32.3. The first kappa shape index (κ1) is 22.2. The van der Waals surface area contributed by atoms with Gasteiger partial charge in [-0.2, -0.15) is 4.31 Å². The molecule has 0 amide bonds. The Morgan fingerprint density at radius 2 is 1.84 bits per heavy atom. The van der Waals surface area contributed by atoms with Crippen molar-refractivity contribution in [3.05, 3.63) is 69.8 Å². The zero-order valence-electron chi connectivity index (χ0n) is 18.0. The maximum Gasteiger partial charge on any atom is 0.339 e. The minimum atomic E-state index is -3.68. The number of aromatic nitrogens is 2. The number of carbonyl (C=O) groups is 1. The van der Waals surface area contributed by atoms with Crippen LogP contribution in [0.4, 0.5) is 0 Å². The first-order valence-electron chi connectivity index (χ1n) is 10.6. The summed E-state index contributed by atoms with van der Waals surface area (Å²) in [5.41, 5.74) is 0.942. The molecular weight excluding hydrogens is 430 g/mol. The second-order valence-electron chi connectivity index (χ2n) is 7.96. The van der Waals surface area contributed by atoms with Gasteiger partial charge in [-0.3, -0.25) is 4.79 Å². The number of rotatable bonds is 5. The van der Waals surface area contributed by atoms with E-state index < -0.39 is 22.1 Å². The van der Waals surface area contributed by atoms with Gasteiger partial charge in [-0.15, -0.1) is 0 Å². The molecule has 1 saturated heterocycles. The molecule has 1 aliphatic rings. The highest BCUT2D eigenvalue weighted by Gasteiger charge is 2.28. The first-order valence-corrected chi connectivity index (χ1v) is 12.0. The molecule has 1 unspecified atom stereocenters. The van der Waals surface area contributed by atoms with Crippen LogP contribution in [-0.2, 0) is 14.8 Å². The summed E-state index contributed by atoms with van der Waals surface area (Å²) < 4.78 is 33.0. The lowest BCUT2D eigenvalue weighted by molar-refractivity contribution is 0.0319. The van der Waals surface area contributed by atoms with Crippen molar-refractivity contribution in [2.45, 2.75) is 44.1 Å². The molecule has 8 nitrogen and oxygen atoms in total.